The van der Waals surface area contributed by atoms with Crippen LogP contribution in [-0.2, 0) is 6.54 Å². The van der Waals surface area contributed by atoms with Gasteiger partial charge < -0.3 is 10.8 Å². The van der Waals surface area contributed by atoms with Gasteiger partial charge in [-0.3, -0.25) is 0 Å². The van der Waals surface area contributed by atoms with Crippen LogP contribution in [-0.4, -0.2) is 16.1 Å². The van der Waals surface area contributed by atoms with Crippen LogP contribution in [0.25, 0.3) is 0 Å². The van der Waals surface area contributed by atoms with Gasteiger partial charge in [0.05, 0.1) is 11.3 Å². The van der Waals surface area contributed by atoms with Gasteiger partial charge in [0.15, 0.2) is 0 Å². The maximum absolute atomic E-state index is 12.6. The third-order valence-electron chi connectivity index (χ3n) is 1.88. The Hall–Kier alpha value is -2.07. The average molecular weight is 227 g/mol. The van der Waals surface area contributed by atoms with Gasteiger partial charge in [-0.2, -0.15) is 5.26 Å². The Labute approximate surface area is 89.1 Å². The van der Waals surface area contributed by atoms with Crippen molar-refractivity contribution in [1.82, 2.24) is 4.98 Å². The summed E-state index contributed by atoms with van der Waals surface area (Å²) in [6, 6.07) is 2.23. The molecule has 1 rings (SSSR count). The molecule has 0 saturated carbocycles. The van der Waals surface area contributed by atoms with E-state index in [9.17, 15) is 13.6 Å². The molecule has 0 spiro atoms. The van der Waals surface area contributed by atoms with Gasteiger partial charge in [-0.05, 0) is 6.07 Å². The van der Waals surface area contributed by atoms with Crippen molar-refractivity contribution in [2.45, 2.75) is 13.0 Å². The van der Waals surface area contributed by atoms with Crippen molar-refractivity contribution in [3.8, 4) is 6.07 Å². The monoisotopic (exact) mass is 227 g/mol. The van der Waals surface area contributed by atoms with Crippen LogP contribution in [0.2, 0.25) is 0 Å². The third-order valence-corrected chi connectivity index (χ3v) is 1.88. The zero-order valence-corrected chi connectivity index (χ0v) is 7.94. The summed E-state index contributed by atoms with van der Waals surface area (Å²) in [5, 5.41) is 17.3. The molecular formula is C9H7F2N3O2. The van der Waals surface area contributed by atoms with E-state index < -0.39 is 23.7 Å². The number of rotatable bonds is 3. The van der Waals surface area contributed by atoms with Crippen LogP contribution >= 0.6 is 0 Å². The number of carboxylic acids is 1. The molecule has 5 nitrogen and oxygen atoms in total. The predicted molar refractivity (Wildman–Crippen MR) is 48.8 cm³/mol. The molecule has 0 aliphatic rings. The zero-order valence-electron chi connectivity index (χ0n) is 7.94. The number of nitrogens with two attached hydrogens (primary N) is 1. The SMILES string of the molecule is N#Cc1c(C(F)F)cc(C(=O)O)nc1CN. The van der Waals surface area contributed by atoms with E-state index >= 15 is 0 Å². The van der Waals surface area contributed by atoms with Gasteiger partial charge in [-0.15, -0.1) is 0 Å². The number of hydrogen-bond acceptors (Lipinski definition) is 4. The molecule has 0 bridgehead atoms. The van der Waals surface area contributed by atoms with Gasteiger partial charge in [0.25, 0.3) is 6.43 Å². The number of nitrogens with zero attached hydrogens (tertiary/aromatic N) is 2. The number of pyridine rings is 1. The number of alkyl halides is 2. The summed E-state index contributed by atoms with van der Waals surface area (Å²) in [7, 11) is 0. The fourth-order valence-electron chi connectivity index (χ4n) is 1.18. The Balaban J connectivity index is 3.51. The lowest BCUT2D eigenvalue weighted by atomic mass is 10.1. The normalized spacial score (nSPS) is 10.2. The molecule has 0 amide bonds. The maximum Gasteiger partial charge on any atom is 0.354 e. The Bertz CT molecular complexity index is 469. The van der Waals surface area contributed by atoms with E-state index in [1.54, 1.807) is 6.07 Å². The molecule has 1 heterocycles. The number of aromatic nitrogens is 1. The van der Waals surface area contributed by atoms with E-state index in [1.807, 2.05) is 0 Å². The molecule has 1 aromatic rings. The van der Waals surface area contributed by atoms with Crippen LogP contribution in [0.5, 0.6) is 0 Å². The van der Waals surface area contributed by atoms with E-state index in [-0.39, 0.29) is 17.8 Å². The van der Waals surface area contributed by atoms with Crippen LogP contribution < -0.4 is 5.73 Å². The van der Waals surface area contributed by atoms with Crippen molar-refractivity contribution in [1.29, 1.82) is 5.26 Å². The number of aromatic carboxylic acids is 1. The molecule has 1 aromatic heterocycles. The molecule has 0 saturated heterocycles. The van der Waals surface area contributed by atoms with Crippen molar-refractivity contribution in [3.05, 3.63) is 28.6 Å². The number of halogens is 2. The molecule has 0 atom stereocenters. The summed E-state index contributed by atoms with van der Waals surface area (Å²) >= 11 is 0. The number of hydrogen-bond donors (Lipinski definition) is 2. The number of carboxylic acid groups (broad SMARTS) is 1. The third kappa shape index (κ3) is 2.12. The highest BCUT2D eigenvalue weighted by Crippen LogP contribution is 2.25. The van der Waals surface area contributed by atoms with Gasteiger partial charge >= 0.3 is 5.97 Å². The second kappa shape index (κ2) is 4.63. The van der Waals surface area contributed by atoms with Crippen molar-refractivity contribution in [3.63, 3.8) is 0 Å². The summed E-state index contributed by atoms with van der Waals surface area (Å²) < 4.78 is 25.1. The summed E-state index contributed by atoms with van der Waals surface area (Å²) in [5.41, 5.74) is 3.51. The minimum Gasteiger partial charge on any atom is -0.477 e. The predicted octanol–water partition coefficient (Wildman–Crippen LogP) is 1.05. The Morgan fingerprint density at radius 3 is 2.69 bits per heavy atom. The lowest BCUT2D eigenvalue weighted by Crippen LogP contribution is -2.11. The second-order valence-corrected chi connectivity index (χ2v) is 2.84. The summed E-state index contributed by atoms with van der Waals surface area (Å²) in [4.78, 5) is 14.1. The Morgan fingerprint density at radius 1 is 1.69 bits per heavy atom. The summed E-state index contributed by atoms with van der Waals surface area (Å²) in [6.07, 6.45) is -2.94. The van der Waals surface area contributed by atoms with Crippen LogP contribution in [0.15, 0.2) is 6.07 Å². The lowest BCUT2D eigenvalue weighted by Gasteiger charge is -2.08. The smallest absolute Gasteiger partial charge is 0.354 e. The molecular weight excluding hydrogens is 220 g/mol. The second-order valence-electron chi connectivity index (χ2n) is 2.84. The fraction of sp³-hybridized carbons (Fsp3) is 0.222. The number of carbonyl (C=O) groups is 1. The van der Waals surface area contributed by atoms with E-state index in [2.05, 4.69) is 4.98 Å². The first-order chi connectivity index (χ1) is 7.51. The average Bonchev–Trinajstić information content (AvgIpc) is 2.26. The van der Waals surface area contributed by atoms with E-state index in [0.717, 1.165) is 0 Å². The first-order valence-electron chi connectivity index (χ1n) is 4.16. The summed E-state index contributed by atoms with van der Waals surface area (Å²) in [5.74, 6) is -1.44. The summed E-state index contributed by atoms with van der Waals surface area (Å²) in [6.45, 7) is -0.274. The molecule has 0 aliphatic heterocycles. The van der Waals surface area contributed by atoms with Crippen LogP contribution in [0.4, 0.5) is 8.78 Å². The van der Waals surface area contributed by atoms with E-state index in [0.29, 0.717) is 6.07 Å². The fourth-order valence-corrected chi connectivity index (χ4v) is 1.18. The highest BCUT2D eigenvalue weighted by molar-refractivity contribution is 5.85. The largest absolute Gasteiger partial charge is 0.477 e. The highest BCUT2D eigenvalue weighted by atomic mass is 19.3. The van der Waals surface area contributed by atoms with Gasteiger partial charge in [-0.1, -0.05) is 0 Å². The van der Waals surface area contributed by atoms with Crippen LogP contribution in [0, 0.1) is 11.3 Å². The minimum atomic E-state index is -2.94. The van der Waals surface area contributed by atoms with Crippen molar-refractivity contribution in [2.24, 2.45) is 5.73 Å². The standard InChI is InChI=1S/C9H7F2N3O2/c10-8(11)4-1-6(9(15)16)14-7(3-13)5(4)2-12/h1,8H,3,13H2,(H,15,16). The molecule has 7 heteroatoms. The van der Waals surface area contributed by atoms with Crippen LogP contribution in [0.3, 0.4) is 0 Å². The number of nitriles is 1. The van der Waals surface area contributed by atoms with Crippen molar-refractivity contribution in [2.75, 3.05) is 0 Å². The van der Waals surface area contributed by atoms with Crippen molar-refractivity contribution < 1.29 is 18.7 Å². The highest BCUT2D eigenvalue weighted by Gasteiger charge is 2.20. The van der Waals surface area contributed by atoms with E-state index in [4.69, 9.17) is 16.1 Å². The topological polar surface area (TPSA) is 100 Å². The maximum atomic E-state index is 12.6. The van der Waals surface area contributed by atoms with Crippen molar-refractivity contribution >= 4 is 5.97 Å². The molecule has 0 unspecified atom stereocenters. The first kappa shape index (κ1) is 12.0. The molecule has 84 valence electrons. The molecule has 0 aliphatic carbocycles. The lowest BCUT2D eigenvalue weighted by molar-refractivity contribution is 0.0689. The first-order valence-corrected chi connectivity index (χ1v) is 4.16. The Morgan fingerprint density at radius 2 is 2.31 bits per heavy atom. The molecule has 0 radical (unpaired) electrons. The Kier molecular flexibility index (Phi) is 3.48. The van der Waals surface area contributed by atoms with E-state index in [1.165, 1.54) is 0 Å². The van der Waals surface area contributed by atoms with Gasteiger partial charge in [0.1, 0.15) is 11.8 Å². The molecule has 3 N–H and O–H groups in total. The van der Waals surface area contributed by atoms with Crippen LogP contribution in [0.1, 0.15) is 33.7 Å². The molecule has 16 heavy (non-hydrogen) atoms. The van der Waals surface area contributed by atoms with Gasteiger partial charge in [0, 0.05) is 12.1 Å². The molecule has 0 aromatic carbocycles. The van der Waals surface area contributed by atoms with Gasteiger partial charge in [0.2, 0.25) is 0 Å². The zero-order chi connectivity index (χ0) is 12.3. The van der Waals surface area contributed by atoms with Gasteiger partial charge in [-0.25, -0.2) is 18.6 Å². The molecule has 0 fully saturated rings. The minimum absolute atomic E-state index is 0.141. The quantitative estimate of drug-likeness (QED) is 0.803.